The van der Waals surface area contributed by atoms with Crippen LogP contribution in [0.1, 0.15) is 43.8 Å². The zero-order valence-corrected chi connectivity index (χ0v) is 25.9. The highest BCUT2D eigenvalue weighted by Crippen LogP contribution is 2.19. The van der Waals surface area contributed by atoms with E-state index in [0.717, 1.165) is 25.2 Å². The fourth-order valence-corrected chi connectivity index (χ4v) is 4.32. The van der Waals surface area contributed by atoms with Crippen LogP contribution in [0.25, 0.3) is 6.08 Å². The number of carboxylic acid groups (broad SMARTS) is 1. The summed E-state index contributed by atoms with van der Waals surface area (Å²) >= 11 is 0. The maximum atomic E-state index is 13.0. The van der Waals surface area contributed by atoms with Gasteiger partial charge in [-0.3, -0.25) is 24.1 Å². The molecule has 16 heteroatoms. The summed E-state index contributed by atoms with van der Waals surface area (Å²) in [6.07, 6.45) is 1.39. The van der Waals surface area contributed by atoms with E-state index in [2.05, 4.69) is 20.9 Å². The van der Waals surface area contributed by atoms with Gasteiger partial charge in [0.05, 0.1) is 24.6 Å². The lowest BCUT2D eigenvalue weighted by Crippen LogP contribution is -2.41. The van der Waals surface area contributed by atoms with Crippen molar-refractivity contribution in [3.05, 3.63) is 77.4 Å². The number of aromatic nitrogens is 2. The number of rotatable bonds is 10. The molecule has 1 saturated heterocycles. The molecule has 4 N–H and O–H groups in total. The van der Waals surface area contributed by atoms with E-state index in [0.29, 0.717) is 48.1 Å². The highest BCUT2D eigenvalue weighted by molar-refractivity contribution is 6.07. The van der Waals surface area contributed by atoms with Crippen molar-refractivity contribution < 1.29 is 47.0 Å². The van der Waals surface area contributed by atoms with Crippen molar-refractivity contribution in [2.75, 3.05) is 50.0 Å². The summed E-state index contributed by atoms with van der Waals surface area (Å²) in [5, 5.41) is 15.7. The Morgan fingerprint density at radius 3 is 1.89 bits per heavy atom. The van der Waals surface area contributed by atoms with Crippen molar-refractivity contribution in [1.82, 2.24) is 19.4 Å². The minimum Gasteiger partial charge on any atom is -0.475 e. The first-order valence-electron chi connectivity index (χ1n) is 14.3. The third kappa shape index (κ3) is 11.3. The quantitative estimate of drug-likeness (QED) is 0.241. The Labute approximate surface area is 268 Å². The summed E-state index contributed by atoms with van der Waals surface area (Å²) < 4.78 is 40.4. The molecule has 0 unspecified atom stereocenters. The van der Waals surface area contributed by atoms with Gasteiger partial charge in [-0.2, -0.15) is 13.2 Å². The van der Waals surface area contributed by atoms with Crippen LogP contribution in [0.2, 0.25) is 0 Å². The number of amides is 3. The van der Waals surface area contributed by atoms with Gasteiger partial charge in [-0.1, -0.05) is 18.2 Å². The maximum Gasteiger partial charge on any atom is 0.490 e. The number of ketones is 1. The van der Waals surface area contributed by atoms with Gasteiger partial charge in [-0.15, -0.1) is 0 Å². The minimum absolute atomic E-state index is 0.0564. The molecule has 0 atom stereocenters. The van der Waals surface area contributed by atoms with E-state index < -0.39 is 12.1 Å². The Hall–Kier alpha value is -5.22. The zero-order chi connectivity index (χ0) is 34.7. The first-order valence-corrected chi connectivity index (χ1v) is 14.3. The smallest absolute Gasteiger partial charge is 0.475 e. The number of carbonyl (C=O) groups is 5. The lowest BCUT2D eigenvalue weighted by Gasteiger charge is -2.26. The molecule has 2 aromatic heterocycles. The van der Waals surface area contributed by atoms with Crippen LogP contribution in [0.4, 0.5) is 24.5 Å². The van der Waals surface area contributed by atoms with Crippen LogP contribution in [-0.4, -0.2) is 94.2 Å². The first-order chi connectivity index (χ1) is 22.1. The molecule has 0 spiro atoms. The normalized spacial score (nSPS) is 13.4. The Kier molecular flexibility index (Phi) is 12.6. The van der Waals surface area contributed by atoms with Crippen molar-refractivity contribution >= 4 is 46.9 Å². The van der Waals surface area contributed by atoms with Crippen LogP contribution in [0.3, 0.4) is 0 Å². The second kappa shape index (κ2) is 16.4. The number of carboxylic acids is 1. The highest BCUT2D eigenvalue weighted by Gasteiger charge is 2.38. The Bertz CT molecular complexity index is 1620. The van der Waals surface area contributed by atoms with Crippen LogP contribution in [0.15, 0.2) is 54.9 Å². The largest absolute Gasteiger partial charge is 0.490 e. The molecule has 1 aromatic carbocycles. The maximum absolute atomic E-state index is 13.0. The first kappa shape index (κ1) is 36.3. The van der Waals surface area contributed by atoms with Crippen molar-refractivity contribution in [1.29, 1.82) is 0 Å². The molecule has 3 aromatic rings. The van der Waals surface area contributed by atoms with Gasteiger partial charge in [0, 0.05) is 58.2 Å². The van der Waals surface area contributed by atoms with Gasteiger partial charge in [-0.05, 0) is 42.8 Å². The molecule has 252 valence electrons. The van der Waals surface area contributed by atoms with Gasteiger partial charge in [0.15, 0.2) is 5.78 Å². The van der Waals surface area contributed by atoms with E-state index in [1.165, 1.54) is 13.0 Å². The molecule has 1 fully saturated rings. The number of morpholine rings is 1. The minimum atomic E-state index is -5.08. The van der Waals surface area contributed by atoms with Crippen LogP contribution in [0, 0.1) is 0 Å². The lowest BCUT2D eigenvalue weighted by molar-refractivity contribution is -0.192. The number of ether oxygens (including phenoxy) is 1. The number of anilines is 2. The predicted molar refractivity (Wildman–Crippen MR) is 166 cm³/mol. The highest BCUT2D eigenvalue weighted by atomic mass is 19.4. The molecule has 1 aliphatic rings. The summed E-state index contributed by atoms with van der Waals surface area (Å²) in [6, 6.07) is 10.0. The van der Waals surface area contributed by atoms with Crippen molar-refractivity contribution in [2.45, 2.75) is 13.1 Å². The Balaban J connectivity index is 0.000000771. The molecule has 0 saturated carbocycles. The number of alkyl halides is 3. The monoisotopic (exact) mass is 660 g/mol. The van der Waals surface area contributed by atoms with Gasteiger partial charge in [-0.25, -0.2) is 4.79 Å². The van der Waals surface area contributed by atoms with Gasteiger partial charge in [0.2, 0.25) is 0 Å². The number of nitrogens with zero attached hydrogens (tertiary/aromatic N) is 3. The number of aryl methyl sites for hydroxylation is 2. The number of aliphatic carboxylic acids is 1. The lowest BCUT2D eigenvalue weighted by atomic mass is 10.1. The van der Waals surface area contributed by atoms with Crippen LogP contribution in [0.5, 0.6) is 0 Å². The fraction of sp³-hybridized carbons (Fsp3) is 0.323. The topological polar surface area (TPSA) is 164 Å². The predicted octanol–water partition coefficient (Wildman–Crippen LogP) is 3.17. The number of benzene rings is 1. The SMILES string of the molecule is CC(=O)/C=C/c1ccc(C(=O)Nc2cc(C(=O)Nc3cc(C(=O)NCCN4CCOCC4)n(C)c3)n(C)c2)cc1.O=C(O)C(F)(F)F. The third-order valence-electron chi connectivity index (χ3n) is 6.73. The third-order valence-corrected chi connectivity index (χ3v) is 6.73. The van der Waals surface area contributed by atoms with Gasteiger partial charge >= 0.3 is 12.1 Å². The second-order valence-electron chi connectivity index (χ2n) is 10.4. The van der Waals surface area contributed by atoms with Gasteiger partial charge in [0.1, 0.15) is 11.4 Å². The molecule has 1 aliphatic heterocycles. The van der Waals surface area contributed by atoms with Crippen molar-refractivity contribution in [2.24, 2.45) is 14.1 Å². The summed E-state index contributed by atoms with van der Waals surface area (Å²) in [6.45, 7) is 5.87. The van der Waals surface area contributed by atoms with E-state index in [-0.39, 0.29) is 23.5 Å². The van der Waals surface area contributed by atoms with Crippen LogP contribution < -0.4 is 16.0 Å². The molecule has 0 radical (unpaired) electrons. The molecule has 3 heterocycles. The van der Waals surface area contributed by atoms with E-state index in [1.807, 2.05) is 0 Å². The Morgan fingerprint density at radius 1 is 0.872 bits per heavy atom. The number of halogens is 3. The summed E-state index contributed by atoms with van der Waals surface area (Å²) in [5.41, 5.74) is 2.96. The van der Waals surface area contributed by atoms with Crippen molar-refractivity contribution in [3.8, 4) is 0 Å². The molecule has 3 amide bonds. The van der Waals surface area contributed by atoms with E-state index in [4.69, 9.17) is 14.6 Å². The molecule has 4 rings (SSSR count). The number of allylic oxidation sites excluding steroid dienone is 1. The molecule has 47 heavy (non-hydrogen) atoms. The van der Waals surface area contributed by atoms with Crippen molar-refractivity contribution in [3.63, 3.8) is 0 Å². The zero-order valence-electron chi connectivity index (χ0n) is 25.9. The summed E-state index contributed by atoms with van der Waals surface area (Å²) in [4.78, 5) is 60.6. The van der Waals surface area contributed by atoms with E-state index in [9.17, 15) is 32.3 Å². The number of carbonyl (C=O) groups excluding carboxylic acids is 4. The number of nitrogens with one attached hydrogen (secondary N) is 3. The molecule has 0 aliphatic carbocycles. The molecule has 13 nitrogen and oxygen atoms in total. The average Bonchev–Trinajstić information content (AvgIpc) is 3.57. The van der Waals surface area contributed by atoms with Gasteiger partial charge < -0.3 is 34.9 Å². The molecule has 0 bridgehead atoms. The number of hydrogen-bond donors (Lipinski definition) is 4. The molecular formula is C31H35F3N6O7. The summed E-state index contributed by atoms with van der Waals surface area (Å²) in [5.74, 6) is -3.74. The standard InChI is InChI=1S/C29H34N6O5.C2HF3O2/c1-20(36)4-5-21-6-8-22(9-7-21)27(37)31-23-17-26(34(3)18-23)29(39)32-24-16-25(33(2)19-24)28(38)30-10-11-35-12-14-40-15-13-35;3-2(4,5)1(6)7/h4-9,16-19H,10-15H2,1-3H3,(H,30,38)(H,31,37)(H,32,39);(H,6,7)/b5-4+;. The summed E-state index contributed by atoms with van der Waals surface area (Å²) in [7, 11) is 3.45. The molecular weight excluding hydrogens is 625 g/mol. The Morgan fingerprint density at radius 2 is 1.38 bits per heavy atom. The van der Waals surface area contributed by atoms with E-state index in [1.54, 1.807) is 78.1 Å². The number of hydrogen-bond acceptors (Lipinski definition) is 7. The van der Waals surface area contributed by atoms with Crippen LogP contribution in [-0.2, 0) is 28.4 Å². The second-order valence-corrected chi connectivity index (χ2v) is 10.4. The van der Waals surface area contributed by atoms with E-state index >= 15 is 0 Å². The van der Waals surface area contributed by atoms with Gasteiger partial charge in [0.25, 0.3) is 17.7 Å². The van der Waals surface area contributed by atoms with Crippen LogP contribution >= 0.6 is 0 Å². The average molecular weight is 661 g/mol. The fourth-order valence-electron chi connectivity index (χ4n) is 4.32.